The first-order valence-corrected chi connectivity index (χ1v) is 9.38. The van der Waals surface area contributed by atoms with E-state index >= 15 is 0 Å². The average Bonchev–Trinajstić information content (AvgIpc) is 2.70. The molecule has 1 aromatic heterocycles. The van der Waals surface area contributed by atoms with Gasteiger partial charge in [0, 0.05) is 18.1 Å². The number of anilines is 1. The number of hydrogen-bond donors (Lipinski definition) is 2. The number of urea groups is 1. The molecule has 2 N–H and O–H groups in total. The fraction of sp³-hybridized carbons (Fsp3) is 0.227. The highest BCUT2D eigenvalue weighted by Crippen LogP contribution is 2.22. The minimum Gasteiger partial charge on any atom is -0.491 e. The van der Waals surface area contributed by atoms with E-state index < -0.39 is 0 Å². The van der Waals surface area contributed by atoms with Crippen LogP contribution < -0.4 is 20.1 Å². The summed E-state index contributed by atoms with van der Waals surface area (Å²) >= 11 is 0. The molecule has 0 spiro atoms. The van der Waals surface area contributed by atoms with Gasteiger partial charge in [0.25, 0.3) is 0 Å². The molecule has 0 saturated carbocycles. The van der Waals surface area contributed by atoms with Gasteiger partial charge in [0.05, 0.1) is 12.1 Å². The number of rotatable bonds is 7. The third-order valence-corrected chi connectivity index (χ3v) is 3.94. The summed E-state index contributed by atoms with van der Waals surface area (Å²) in [5.41, 5.74) is 1.61. The molecule has 0 aliphatic carbocycles. The number of hydrogen-bond acceptors (Lipinski definition) is 5. The Morgan fingerprint density at radius 1 is 0.931 bits per heavy atom. The number of carbonyl (C=O) groups excluding carboxylic acids is 1. The van der Waals surface area contributed by atoms with Crippen molar-refractivity contribution in [2.24, 2.45) is 0 Å². The number of carbonyl (C=O) groups is 1. The summed E-state index contributed by atoms with van der Waals surface area (Å²) in [6.07, 6.45) is 3.31. The van der Waals surface area contributed by atoms with Crippen molar-refractivity contribution in [1.82, 2.24) is 15.3 Å². The lowest BCUT2D eigenvalue weighted by Gasteiger charge is -2.17. The Bertz CT molecular complexity index is 930. The summed E-state index contributed by atoms with van der Waals surface area (Å²) in [4.78, 5) is 20.3. The maximum Gasteiger partial charge on any atom is 0.321 e. The molecule has 3 aromatic rings. The highest BCUT2D eigenvalue weighted by molar-refractivity contribution is 5.89. The smallest absolute Gasteiger partial charge is 0.321 e. The van der Waals surface area contributed by atoms with Gasteiger partial charge in [-0.1, -0.05) is 12.1 Å². The van der Waals surface area contributed by atoms with Gasteiger partial charge in [-0.2, -0.15) is 0 Å². The van der Waals surface area contributed by atoms with E-state index in [9.17, 15) is 4.79 Å². The molecule has 0 aliphatic heterocycles. The summed E-state index contributed by atoms with van der Waals surface area (Å²) in [5, 5.41) is 5.74. The first kappa shape index (κ1) is 20.1. The molecule has 0 saturated heterocycles. The standard InChI is InChI=1S/C22H24N4O3/c1-15(2)28-20-7-4-6-17(14-20)16(3)25-21(27)26-18-8-10-19(11-9-18)29-22-23-12-5-13-24-22/h4-16H,1-3H3,(H2,25,26,27). The van der Waals surface area contributed by atoms with Crippen LogP contribution in [0.25, 0.3) is 0 Å². The monoisotopic (exact) mass is 392 g/mol. The van der Waals surface area contributed by atoms with Crippen LogP contribution in [-0.2, 0) is 0 Å². The van der Waals surface area contributed by atoms with Crippen molar-refractivity contribution in [3.8, 4) is 17.5 Å². The van der Waals surface area contributed by atoms with Crippen LogP contribution in [0.4, 0.5) is 10.5 Å². The Hall–Kier alpha value is -3.61. The van der Waals surface area contributed by atoms with E-state index in [1.165, 1.54) is 0 Å². The lowest BCUT2D eigenvalue weighted by molar-refractivity contribution is 0.241. The minimum atomic E-state index is -0.298. The van der Waals surface area contributed by atoms with Crippen molar-refractivity contribution >= 4 is 11.7 Å². The molecule has 1 unspecified atom stereocenters. The quantitative estimate of drug-likeness (QED) is 0.595. The molecule has 0 radical (unpaired) electrons. The molecule has 3 rings (SSSR count). The molecule has 1 atom stereocenters. The zero-order chi connectivity index (χ0) is 20.6. The predicted molar refractivity (Wildman–Crippen MR) is 111 cm³/mol. The van der Waals surface area contributed by atoms with Crippen molar-refractivity contribution in [1.29, 1.82) is 0 Å². The Balaban J connectivity index is 1.55. The van der Waals surface area contributed by atoms with Gasteiger partial charge in [-0.15, -0.1) is 0 Å². The molecule has 29 heavy (non-hydrogen) atoms. The molecule has 2 amide bonds. The van der Waals surface area contributed by atoms with Gasteiger partial charge in [-0.3, -0.25) is 0 Å². The highest BCUT2D eigenvalue weighted by atomic mass is 16.5. The molecular formula is C22H24N4O3. The Labute approximate surface area is 170 Å². The van der Waals surface area contributed by atoms with Gasteiger partial charge < -0.3 is 20.1 Å². The van der Waals surface area contributed by atoms with Crippen LogP contribution in [0, 0.1) is 0 Å². The van der Waals surface area contributed by atoms with Crippen molar-refractivity contribution in [2.45, 2.75) is 32.9 Å². The van der Waals surface area contributed by atoms with Crippen molar-refractivity contribution < 1.29 is 14.3 Å². The lowest BCUT2D eigenvalue weighted by Crippen LogP contribution is -2.31. The summed E-state index contributed by atoms with van der Waals surface area (Å²) in [5.74, 6) is 1.36. The van der Waals surface area contributed by atoms with Crippen LogP contribution in [0.5, 0.6) is 17.5 Å². The number of amides is 2. The second kappa shape index (κ2) is 9.54. The number of aromatic nitrogens is 2. The molecule has 1 heterocycles. The largest absolute Gasteiger partial charge is 0.491 e. The average molecular weight is 392 g/mol. The predicted octanol–water partition coefficient (Wildman–Crippen LogP) is 4.94. The summed E-state index contributed by atoms with van der Waals surface area (Å²) in [6.45, 7) is 5.88. The van der Waals surface area contributed by atoms with E-state index in [-0.39, 0.29) is 24.2 Å². The van der Waals surface area contributed by atoms with E-state index in [4.69, 9.17) is 9.47 Å². The topological polar surface area (TPSA) is 85.4 Å². The van der Waals surface area contributed by atoms with Crippen LogP contribution in [0.15, 0.2) is 67.0 Å². The first-order valence-electron chi connectivity index (χ1n) is 9.38. The SMILES string of the molecule is CC(C)Oc1cccc(C(C)NC(=O)Nc2ccc(Oc3ncccn3)cc2)c1. The van der Waals surface area contributed by atoms with Crippen LogP contribution >= 0.6 is 0 Å². The van der Waals surface area contributed by atoms with Gasteiger partial charge in [-0.25, -0.2) is 14.8 Å². The lowest BCUT2D eigenvalue weighted by atomic mass is 10.1. The van der Waals surface area contributed by atoms with Gasteiger partial charge in [0.15, 0.2) is 0 Å². The third kappa shape index (κ3) is 6.21. The van der Waals surface area contributed by atoms with Crippen LogP contribution in [0.3, 0.4) is 0 Å². The van der Waals surface area contributed by atoms with E-state index in [0.29, 0.717) is 11.4 Å². The molecule has 0 bridgehead atoms. The molecule has 0 fully saturated rings. The van der Waals surface area contributed by atoms with Crippen LogP contribution in [-0.4, -0.2) is 22.1 Å². The number of nitrogens with one attached hydrogen (secondary N) is 2. The molecule has 2 aromatic carbocycles. The highest BCUT2D eigenvalue weighted by Gasteiger charge is 2.11. The van der Waals surface area contributed by atoms with E-state index in [0.717, 1.165) is 11.3 Å². The molecule has 0 aliphatic rings. The summed E-state index contributed by atoms with van der Waals surface area (Å²) < 4.78 is 11.2. The van der Waals surface area contributed by atoms with Crippen molar-refractivity contribution in [3.05, 3.63) is 72.6 Å². The number of ether oxygens (including phenoxy) is 2. The first-order chi connectivity index (χ1) is 14.0. The van der Waals surface area contributed by atoms with Gasteiger partial charge >= 0.3 is 12.0 Å². The van der Waals surface area contributed by atoms with Crippen molar-refractivity contribution in [3.63, 3.8) is 0 Å². The zero-order valence-electron chi connectivity index (χ0n) is 16.6. The Morgan fingerprint density at radius 3 is 2.34 bits per heavy atom. The van der Waals surface area contributed by atoms with Crippen molar-refractivity contribution in [2.75, 3.05) is 5.32 Å². The Morgan fingerprint density at radius 2 is 1.66 bits per heavy atom. The minimum absolute atomic E-state index is 0.0946. The van der Waals surface area contributed by atoms with E-state index in [2.05, 4.69) is 20.6 Å². The van der Waals surface area contributed by atoms with Gasteiger partial charge in [0.2, 0.25) is 0 Å². The van der Waals surface area contributed by atoms with Gasteiger partial charge in [0.1, 0.15) is 11.5 Å². The second-order valence-electron chi connectivity index (χ2n) is 6.72. The number of nitrogens with zero attached hydrogens (tertiary/aromatic N) is 2. The maximum absolute atomic E-state index is 12.3. The van der Waals surface area contributed by atoms with Crippen LogP contribution in [0.2, 0.25) is 0 Å². The molecule has 150 valence electrons. The van der Waals surface area contributed by atoms with Crippen LogP contribution in [0.1, 0.15) is 32.4 Å². The Kier molecular flexibility index (Phi) is 6.63. The maximum atomic E-state index is 12.3. The molecule has 7 nitrogen and oxygen atoms in total. The third-order valence-electron chi connectivity index (χ3n) is 3.94. The summed E-state index contributed by atoms with van der Waals surface area (Å²) in [7, 11) is 0. The van der Waals surface area contributed by atoms with Gasteiger partial charge in [-0.05, 0) is 68.8 Å². The second-order valence-corrected chi connectivity index (χ2v) is 6.72. The van der Waals surface area contributed by atoms with E-state index in [1.54, 1.807) is 42.7 Å². The normalized spacial score (nSPS) is 11.6. The zero-order valence-corrected chi connectivity index (χ0v) is 16.6. The fourth-order valence-electron chi connectivity index (χ4n) is 2.63. The molecule has 7 heteroatoms. The molecular weight excluding hydrogens is 368 g/mol. The fourth-order valence-corrected chi connectivity index (χ4v) is 2.63. The number of benzene rings is 2. The summed E-state index contributed by atoms with van der Waals surface area (Å²) in [6, 6.07) is 16.2. The van der Waals surface area contributed by atoms with E-state index in [1.807, 2.05) is 45.0 Å².